The number of carboxylic acids is 1. The summed E-state index contributed by atoms with van der Waals surface area (Å²) >= 11 is 0. The van der Waals surface area contributed by atoms with E-state index in [2.05, 4.69) is 0 Å². The lowest BCUT2D eigenvalue weighted by atomic mass is 10.0. The van der Waals surface area contributed by atoms with Crippen molar-refractivity contribution in [3.05, 3.63) is 0 Å². The second-order valence-corrected chi connectivity index (χ2v) is 5.21. The minimum absolute atomic E-state index is 0.202. The molecule has 17 heavy (non-hydrogen) atoms. The van der Waals surface area contributed by atoms with Gasteiger partial charge in [-0.25, -0.2) is 9.59 Å². The summed E-state index contributed by atoms with van der Waals surface area (Å²) in [6.07, 6.45) is 2.35. The van der Waals surface area contributed by atoms with Crippen LogP contribution in [0, 0.1) is 5.92 Å². The van der Waals surface area contributed by atoms with Crippen molar-refractivity contribution in [3.63, 3.8) is 0 Å². The number of carbonyl (C=O) groups is 2. The largest absolute Gasteiger partial charge is 0.480 e. The first-order valence-electron chi connectivity index (χ1n) is 6.06. The van der Waals surface area contributed by atoms with Crippen molar-refractivity contribution in [2.45, 2.75) is 39.2 Å². The lowest BCUT2D eigenvalue weighted by Crippen LogP contribution is -2.56. The number of carboxylic acid groups (broad SMARTS) is 1. The molecule has 0 aliphatic heterocycles. The molecule has 1 fully saturated rings. The van der Waals surface area contributed by atoms with Crippen LogP contribution in [0.15, 0.2) is 0 Å². The van der Waals surface area contributed by atoms with Crippen molar-refractivity contribution >= 4 is 12.0 Å². The van der Waals surface area contributed by atoms with E-state index >= 15 is 0 Å². The van der Waals surface area contributed by atoms with Gasteiger partial charge in [-0.1, -0.05) is 0 Å². The third-order valence-electron chi connectivity index (χ3n) is 3.30. The second-order valence-electron chi connectivity index (χ2n) is 5.21. The highest BCUT2D eigenvalue weighted by Crippen LogP contribution is 2.30. The predicted molar refractivity (Wildman–Crippen MR) is 64.8 cm³/mol. The van der Waals surface area contributed by atoms with E-state index in [0.717, 1.165) is 6.54 Å². The number of nitrogens with zero attached hydrogens (tertiary/aromatic N) is 2. The van der Waals surface area contributed by atoms with Crippen molar-refractivity contribution in [2.24, 2.45) is 5.92 Å². The van der Waals surface area contributed by atoms with Crippen LogP contribution in [0.3, 0.4) is 0 Å². The van der Waals surface area contributed by atoms with E-state index in [1.807, 2.05) is 0 Å². The van der Waals surface area contributed by atoms with Crippen LogP contribution in [-0.4, -0.2) is 52.6 Å². The van der Waals surface area contributed by atoms with Gasteiger partial charge in [0.15, 0.2) is 0 Å². The monoisotopic (exact) mass is 242 g/mol. The molecule has 0 spiro atoms. The molecule has 0 aromatic carbocycles. The molecule has 0 bridgehead atoms. The van der Waals surface area contributed by atoms with Gasteiger partial charge < -0.3 is 14.9 Å². The van der Waals surface area contributed by atoms with Crippen LogP contribution in [0.5, 0.6) is 0 Å². The van der Waals surface area contributed by atoms with Crippen LogP contribution >= 0.6 is 0 Å². The third kappa shape index (κ3) is 3.11. The highest BCUT2D eigenvalue weighted by molar-refractivity contribution is 5.85. The summed E-state index contributed by atoms with van der Waals surface area (Å²) in [6, 6.07) is -0.202. The minimum atomic E-state index is -1.16. The highest BCUT2D eigenvalue weighted by atomic mass is 16.4. The summed E-state index contributed by atoms with van der Waals surface area (Å²) < 4.78 is 0. The van der Waals surface area contributed by atoms with Crippen molar-refractivity contribution in [1.82, 2.24) is 9.80 Å². The summed E-state index contributed by atoms with van der Waals surface area (Å²) in [5, 5.41) is 9.16. The maximum atomic E-state index is 12.2. The van der Waals surface area contributed by atoms with Gasteiger partial charge in [-0.05, 0) is 39.5 Å². The van der Waals surface area contributed by atoms with Crippen molar-refractivity contribution in [3.8, 4) is 0 Å². The van der Waals surface area contributed by atoms with E-state index in [4.69, 9.17) is 5.11 Å². The second kappa shape index (κ2) is 4.94. The Balaban J connectivity index is 2.71. The molecule has 0 saturated heterocycles. The fourth-order valence-corrected chi connectivity index (χ4v) is 1.86. The minimum Gasteiger partial charge on any atom is -0.480 e. The predicted octanol–water partition coefficient (Wildman–Crippen LogP) is 1.63. The molecule has 5 heteroatoms. The lowest BCUT2D eigenvalue weighted by Gasteiger charge is -2.37. The van der Waals surface area contributed by atoms with Gasteiger partial charge in [-0.3, -0.25) is 0 Å². The standard InChI is InChI=1S/C12H22N2O3/c1-5-14(12(2,3)10(15)16)11(17)13(4)8-9-6-7-9/h9H,5-8H2,1-4H3,(H,15,16). The summed E-state index contributed by atoms with van der Waals surface area (Å²) in [5.41, 5.74) is -1.16. The molecule has 0 atom stereocenters. The fraction of sp³-hybridized carbons (Fsp3) is 0.833. The maximum absolute atomic E-state index is 12.2. The van der Waals surface area contributed by atoms with Gasteiger partial charge in [-0.2, -0.15) is 0 Å². The summed E-state index contributed by atoms with van der Waals surface area (Å²) in [5.74, 6) is -0.372. The molecule has 1 N–H and O–H groups in total. The maximum Gasteiger partial charge on any atom is 0.329 e. The van der Waals surface area contributed by atoms with Crippen molar-refractivity contribution in [1.29, 1.82) is 0 Å². The number of rotatable bonds is 5. The molecule has 0 heterocycles. The Bertz CT molecular complexity index is 311. The van der Waals surface area contributed by atoms with Gasteiger partial charge in [0.1, 0.15) is 5.54 Å². The van der Waals surface area contributed by atoms with E-state index in [9.17, 15) is 9.59 Å². The van der Waals surface area contributed by atoms with Gasteiger partial charge in [0.25, 0.3) is 0 Å². The molecule has 0 aromatic rings. The Morgan fingerprint density at radius 1 is 1.35 bits per heavy atom. The molecule has 2 amide bonds. The molecule has 1 saturated carbocycles. The Kier molecular flexibility index (Phi) is 4.01. The van der Waals surface area contributed by atoms with E-state index in [-0.39, 0.29) is 6.03 Å². The molecule has 1 rings (SSSR count). The highest BCUT2D eigenvalue weighted by Gasteiger charge is 2.38. The summed E-state index contributed by atoms with van der Waals surface area (Å²) in [6.45, 7) is 6.04. The van der Waals surface area contributed by atoms with Crippen LogP contribution in [-0.2, 0) is 4.79 Å². The quantitative estimate of drug-likeness (QED) is 0.797. The Morgan fingerprint density at radius 2 is 1.88 bits per heavy atom. The average molecular weight is 242 g/mol. The summed E-state index contributed by atoms with van der Waals surface area (Å²) in [7, 11) is 1.74. The molecular weight excluding hydrogens is 220 g/mol. The molecule has 1 aliphatic carbocycles. The van der Waals surface area contributed by atoms with E-state index in [0.29, 0.717) is 12.5 Å². The first-order chi connectivity index (χ1) is 7.80. The molecular formula is C12H22N2O3. The molecule has 98 valence electrons. The smallest absolute Gasteiger partial charge is 0.329 e. The number of hydrogen-bond acceptors (Lipinski definition) is 2. The first-order valence-corrected chi connectivity index (χ1v) is 6.06. The topological polar surface area (TPSA) is 60.9 Å². The number of amides is 2. The Morgan fingerprint density at radius 3 is 2.24 bits per heavy atom. The van der Waals surface area contributed by atoms with Crippen LogP contribution in [0.25, 0.3) is 0 Å². The summed E-state index contributed by atoms with van der Waals surface area (Å²) in [4.78, 5) is 26.4. The van der Waals surface area contributed by atoms with Gasteiger partial charge in [-0.15, -0.1) is 0 Å². The first kappa shape index (κ1) is 13.8. The zero-order chi connectivity index (χ0) is 13.2. The van der Waals surface area contributed by atoms with Gasteiger partial charge in [0.2, 0.25) is 0 Å². The molecule has 0 aromatic heterocycles. The number of urea groups is 1. The van der Waals surface area contributed by atoms with Crippen molar-refractivity contribution in [2.75, 3.05) is 20.1 Å². The Labute approximate surface area is 102 Å². The normalized spacial score (nSPS) is 15.5. The van der Waals surface area contributed by atoms with Gasteiger partial charge in [0.05, 0.1) is 0 Å². The third-order valence-corrected chi connectivity index (χ3v) is 3.30. The number of aliphatic carboxylic acids is 1. The zero-order valence-electron chi connectivity index (χ0n) is 11.1. The van der Waals surface area contributed by atoms with Gasteiger partial charge >= 0.3 is 12.0 Å². The SMILES string of the molecule is CCN(C(=O)N(C)CC1CC1)C(C)(C)C(=O)O. The Hall–Kier alpha value is -1.26. The number of likely N-dealkylation sites (N-methyl/N-ethyl adjacent to an activating group) is 1. The molecule has 0 radical (unpaired) electrons. The lowest BCUT2D eigenvalue weighted by molar-refractivity contribution is -0.147. The zero-order valence-corrected chi connectivity index (χ0v) is 11.1. The fourth-order valence-electron chi connectivity index (χ4n) is 1.86. The van der Waals surface area contributed by atoms with Crippen LogP contribution in [0.1, 0.15) is 33.6 Å². The van der Waals surface area contributed by atoms with Crippen molar-refractivity contribution < 1.29 is 14.7 Å². The van der Waals surface area contributed by atoms with E-state index in [1.54, 1.807) is 32.7 Å². The van der Waals surface area contributed by atoms with E-state index < -0.39 is 11.5 Å². The molecule has 0 unspecified atom stereocenters. The van der Waals surface area contributed by atoms with Gasteiger partial charge in [0, 0.05) is 20.1 Å². The number of carbonyl (C=O) groups excluding carboxylic acids is 1. The van der Waals surface area contributed by atoms with Crippen LogP contribution in [0.2, 0.25) is 0 Å². The number of hydrogen-bond donors (Lipinski definition) is 1. The molecule has 5 nitrogen and oxygen atoms in total. The molecule has 1 aliphatic rings. The van der Waals surface area contributed by atoms with Crippen LogP contribution in [0.4, 0.5) is 4.79 Å². The average Bonchev–Trinajstić information content (AvgIpc) is 3.01. The van der Waals surface area contributed by atoms with E-state index in [1.165, 1.54) is 17.7 Å². The van der Waals surface area contributed by atoms with Crippen LogP contribution < -0.4 is 0 Å².